The number of carbonyl (C=O) groups is 2. The van der Waals surface area contributed by atoms with E-state index in [1.54, 1.807) is 4.90 Å². The van der Waals surface area contributed by atoms with E-state index in [-0.39, 0.29) is 17.7 Å². The smallest absolute Gasteiger partial charge is 0.274 e. The van der Waals surface area contributed by atoms with Crippen LogP contribution in [0.3, 0.4) is 0 Å². The topological polar surface area (TPSA) is 75.2 Å². The molecule has 124 valence electrons. The van der Waals surface area contributed by atoms with Crippen molar-refractivity contribution in [1.82, 2.24) is 20.2 Å². The first-order valence-corrected chi connectivity index (χ1v) is 8.11. The highest BCUT2D eigenvalue weighted by Crippen LogP contribution is 2.18. The Kier molecular flexibility index (Phi) is 5.15. The fourth-order valence-electron chi connectivity index (χ4n) is 2.88. The highest BCUT2D eigenvalue weighted by atomic mass is 16.2. The second-order valence-electron chi connectivity index (χ2n) is 5.88. The van der Waals surface area contributed by atoms with E-state index in [2.05, 4.69) is 15.3 Å². The van der Waals surface area contributed by atoms with Crippen molar-refractivity contribution < 1.29 is 9.59 Å². The van der Waals surface area contributed by atoms with Crippen molar-refractivity contribution in [2.45, 2.75) is 19.4 Å². The summed E-state index contributed by atoms with van der Waals surface area (Å²) in [5.74, 6) is -0.345. The third-order valence-corrected chi connectivity index (χ3v) is 4.17. The van der Waals surface area contributed by atoms with E-state index in [0.29, 0.717) is 25.3 Å². The standard InChI is InChI=1S/C18H20N4O2/c23-17(21-11-14-5-2-1-3-6-14)15-7-4-10-22(13-15)18(24)16-12-19-8-9-20-16/h1-3,5-6,8-9,12,15H,4,7,10-11,13H2,(H,21,23). The van der Waals surface area contributed by atoms with Gasteiger partial charge in [0.1, 0.15) is 5.69 Å². The van der Waals surface area contributed by atoms with E-state index in [1.165, 1.54) is 18.6 Å². The fourth-order valence-corrected chi connectivity index (χ4v) is 2.88. The van der Waals surface area contributed by atoms with E-state index in [4.69, 9.17) is 0 Å². The van der Waals surface area contributed by atoms with E-state index in [0.717, 1.165) is 18.4 Å². The van der Waals surface area contributed by atoms with Crippen LogP contribution in [0.5, 0.6) is 0 Å². The van der Waals surface area contributed by atoms with Crippen LogP contribution in [-0.2, 0) is 11.3 Å². The lowest BCUT2D eigenvalue weighted by Gasteiger charge is -2.31. The van der Waals surface area contributed by atoms with E-state index in [9.17, 15) is 9.59 Å². The Balaban J connectivity index is 1.57. The predicted molar refractivity (Wildman–Crippen MR) is 88.9 cm³/mol. The molecule has 0 saturated carbocycles. The number of benzene rings is 1. The van der Waals surface area contributed by atoms with Crippen LogP contribution in [0, 0.1) is 5.92 Å². The van der Waals surface area contributed by atoms with Gasteiger partial charge in [0.15, 0.2) is 0 Å². The van der Waals surface area contributed by atoms with Gasteiger partial charge in [-0.1, -0.05) is 30.3 Å². The van der Waals surface area contributed by atoms with Gasteiger partial charge in [-0.25, -0.2) is 4.98 Å². The number of carbonyl (C=O) groups excluding carboxylic acids is 2. The normalized spacial score (nSPS) is 17.3. The van der Waals surface area contributed by atoms with Crippen molar-refractivity contribution >= 4 is 11.8 Å². The average molecular weight is 324 g/mol. The van der Waals surface area contributed by atoms with Gasteiger partial charge in [0, 0.05) is 32.0 Å². The summed E-state index contributed by atoms with van der Waals surface area (Å²) in [5.41, 5.74) is 1.39. The van der Waals surface area contributed by atoms with Gasteiger partial charge < -0.3 is 10.2 Å². The quantitative estimate of drug-likeness (QED) is 0.928. The number of nitrogens with one attached hydrogen (secondary N) is 1. The molecule has 3 rings (SSSR count). The van der Waals surface area contributed by atoms with Crippen molar-refractivity contribution in [2.75, 3.05) is 13.1 Å². The van der Waals surface area contributed by atoms with Gasteiger partial charge in [-0.3, -0.25) is 14.6 Å². The molecular formula is C18H20N4O2. The van der Waals surface area contributed by atoms with Crippen LogP contribution in [0.1, 0.15) is 28.9 Å². The first-order chi connectivity index (χ1) is 11.7. The number of rotatable bonds is 4. The molecule has 6 heteroatoms. The number of hydrogen-bond donors (Lipinski definition) is 1. The molecule has 0 radical (unpaired) electrons. The highest BCUT2D eigenvalue weighted by Gasteiger charge is 2.29. The molecule has 1 atom stereocenters. The third kappa shape index (κ3) is 3.95. The van der Waals surface area contributed by atoms with Gasteiger partial charge in [0.25, 0.3) is 5.91 Å². The molecular weight excluding hydrogens is 304 g/mol. The molecule has 24 heavy (non-hydrogen) atoms. The number of likely N-dealkylation sites (tertiary alicyclic amines) is 1. The van der Waals surface area contributed by atoms with Crippen molar-refractivity contribution in [3.05, 3.63) is 60.2 Å². The Hall–Kier alpha value is -2.76. The molecule has 0 bridgehead atoms. The van der Waals surface area contributed by atoms with E-state index < -0.39 is 0 Å². The van der Waals surface area contributed by atoms with Crippen molar-refractivity contribution in [1.29, 1.82) is 0 Å². The van der Waals surface area contributed by atoms with Crippen LogP contribution >= 0.6 is 0 Å². The van der Waals surface area contributed by atoms with Gasteiger partial charge in [-0.2, -0.15) is 0 Å². The highest BCUT2D eigenvalue weighted by molar-refractivity contribution is 5.92. The molecule has 1 N–H and O–H groups in total. The van der Waals surface area contributed by atoms with Gasteiger partial charge in [-0.15, -0.1) is 0 Å². The summed E-state index contributed by atoms with van der Waals surface area (Å²) >= 11 is 0. The maximum absolute atomic E-state index is 12.4. The lowest BCUT2D eigenvalue weighted by atomic mass is 9.96. The van der Waals surface area contributed by atoms with Crippen LogP contribution in [0.2, 0.25) is 0 Å². The van der Waals surface area contributed by atoms with Crippen LogP contribution in [-0.4, -0.2) is 39.8 Å². The fraction of sp³-hybridized carbons (Fsp3) is 0.333. The lowest BCUT2D eigenvalue weighted by Crippen LogP contribution is -2.45. The number of piperidine rings is 1. The molecule has 0 aliphatic carbocycles. The number of hydrogen-bond acceptors (Lipinski definition) is 4. The molecule has 0 spiro atoms. The van der Waals surface area contributed by atoms with E-state index >= 15 is 0 Å². The molecule has 6 nitrogen and oxygen atoms in total. The molecule has 1 unspecified atom stereocenters. The zero-order valence-corrected chi connectivity index (χ0v) is 13.4. The van der Waals surface area contributed by atoms with Gasteiger partial charge >= 0.3 is 0 Å². The van der Waals surface area contributed by atoms with Crippen molar-refractivity contribution in [3.63, 3.8) is 0 Å². The van der Waals surface area contributed by atoms with Crippen molar-refractivity contribution in [3.8, 4) is 0 Å². The SMILES string of the molecule is O=C(NCc1ccccc1)C1CCCN(C(=O)c2cnccn2)C1. The number of amides is 2. The number of nitrogens with zero attached hydrogens (tertiary/aromatic N) is 3. The Labute approximate surface area is 140 Å². The van der Waals surface area contributed by atoms with E-state index in [1.807, 2.05) is 30.3 Å². The third-order valence-electron chi connectivity index (χ3n) is 4.17. The molecule has 1 saturated heterocycles. The minimum Gasteiger partial charge on any atom is -0.352 e. The Bertz CT molecular complexity index is 691. The maximum Gasteiger partial charge on any atom is 0.274 e. The monoisotopic (exact) mass is 324 g/mol. The van der Waals surface area contributed by atoms with Gasteiger partial charge in [0.05, 0.1) is 12.1 Å². The summed E-state index contributed by atoms with van der Waals surface area (Å²) in [7, 11) is 0. The number of aromatic nitrogens is 2. The molecule has 1 aliphatic heterocycles. The summed E-state index contributed by atoms with van der Waals surface area (Å²) in [6.07, 6.45) is 6.11. The van der Waals surface area contributed by atoms with Crippen LogP contribution in [0.25, 0.3) is 0 Å². The molecule has 2 amide bonds. The molecule has 1 aliphatic rings. The zero-order chi connectivity index (χ0) is 16.8. The molecule has 1 aromatic heterocycles. The largest absolute Gasteiger partial charge is 0.352 e. The predicted octanol–water partition coefficient (Wildman–Crippen LogP) is 1.65. The molecule has 2 heterocycles. The molecule has 1 aromatic carbocycles. The molecule has 2 aromatic rings. The van der Waals surface area contributed by atoms with Gasteiger partial charge in [0.2, 0.25) is 5.91 Å². The minimum absolute atomic E-state index is 0.00417. The zero-order valence-electron chi connectivity index (χ0n) is 13.4. The Morgan fingerprint density at radius 3 is 2.79 bits per heavy atom. The van der Waals surface area contributed by atoms with Gasteiger partial charge in [-0.05, 0) is 18.4 Å². The summed E-state index contributed by atoms with van der Waals surface area (Å²) in [5, 5.41) is 2.96. The summed E-state index contributed by atoms with van der Waals surface area (Å²) in [4.78, 5) is 34.5. The maximum atomic E-state index is 12.4. The summed E-state index contributed by atoms with van der Waals surface area (Å²) < 4.78 is 0. The first-order valence-electron chi connectivity index (χ1n) is 8.11. The first kappa shape index (κ1) is 16.1. The van der Waals surface area contributed by atoms with Crippen LogP contribution < -0.4 is 5.32 Å². The van der Waals surface area contributed by atoms with Crippen LogP contribution in [0.4, 0.5) is 0 Å². The summed E-state index contributed by atoms with van der Waals surface area (Å²) in [6, 6.07) is 9.80. The minimum atomic E-state index is -0.178. The van der Waals surface area contributed by atoms with Crippen molar-refractivity contribution in [2.24, 2.45) is 5.92 Å². The van der Waals surface area contributed by atoms with Crippen LogP contribution in [0.15, 0.2) is 48.9 Å². The molecule has 1 fully saturated rings. The second-order valence-corrected chi connectivity index (χ2v) is 5.88. The Morgan fingerprint density at radius 1 is 1.21 bits per heavy atom. The lowest BCUT2D eigenvalue weighted by molar-refractivity contribution is -0.126. The average Bonchev–Trinajstić information content (AvgIpc) is 2.67. The Morgan fingerprint density at radius 2 is 2.04 bits per heavy atom. The summed E-state index contributed by atoms with van der Waals surface area (Å²) in [6.45, 7) is 1.59. The second kappa shape index (κ2) is 7.68.